The highest BCUT2D eigenvalue weighted by molar-refractivity contribution is 7.80. The summed E-state index contributed by atoms with van der Waals surface area (Å²) in [5.74, 6) is -0.0581. The van der Waals surface area contributed by atoms with Crippen LogP contribution in [0.1, 0.15) is 40.2 Å². The quantitative estimate of drug-likeness (QED) is 0.157. The zero-order valence-corrected chi connectivity index (χ0v) is 22.8. The van der Waals surface area contributed by atoms with Gasteiger partial charge in [-0.3, -0.25) is 13.7 Å². The predicted molar refractivity (Wildman–Crippen MR) is 151 cm³/mol. The van der Waals surface area contributed by atoms with Gasteiger partial charge in [0.25, 0.3) is 17.2 Å². The summed E-state index contributed by atoms with van der Waals surface area (Å²) in [6, 6.07) is 13.8. The average molecular weight is 587 g/mol. The number of benzene rings is 3. The third-order valence-corrected chi connectivity index (χ3v) is 7.63. The normalized spacial score (nSPS) is 13.8. The van der Waals surface area contributed by atoms with E-state index in [0.29, 0.717) is 33.5 Å². The van der Waals surface area contributed by atoms with E-state index in [4.69, 9.17) is 30.8 Å². The lowest BCUT2D eigenvalue weighted by molar-refractivity contribution is 0.0964. The van der Waals surface area contributed by atoms with Gasteiger partial charge >= 0.3 is 7.12 Å². The van der Waals surface area contributed by atoms with Gasteiger partial charge in [0.05, 0.1) is 22.8 Å². The molecule has 4 N–H and O–H groups in total. The van der Waals surface area contributed by atoms with Crippen molar-refractivity contribution in [3.63, 3.8) is 0 Å². The third-order valence-electron chi connectivity index (χ3n) is 6.62. The summed E-state index contributed by atoms with van der Waals surface area (Å²) >= 11 is 3.86. The Morgan fingerprint density at radius 3 is 2.52 bits per heavy atom. The Kier molecular flexibility index (Phi) is 8.15. The number of ether oxygens (including phenoxy) is 1. The monoisotopic (exact) mass is 586 g/mol. The van der Waals surface area contributed by atoms with Crippen LogP contribution in [0.5, 0.6) is 5.75 Å². The number of nitrogens with zero attached hydrogens (tertiary/aromatic N) is 1. The van der Waals surface area contributed by atoms with Crippen LogP contribution in [0, 0.1) is 5.82 Å². The number of nitrogens with one attached hydrogen (secondary N) is 1. The van der Waals surface area contributed by atoms with Gasteiger partial charge in [-0.15, -0.1) is 0 Å². The molecule has 208 valence electrons. The fraction of sp³-hybridized carbons (Fsp3) is 0.222. The van der Waals surface area contributed by atoms with Crippen LogP contribution >= 0.6 is 11.6 Å². The number of halogens is 2. The smallest absolute Gasteiger partial charge is 0.491 e. The molecule has 0 saturated heterocycles. The Morgan fingerprint density at radius 2 is 1.93 bits per heavy atom. The lowest BCUT2D eigenvalue weighted by Crippen LogP contribution is -2.25. The minimum atomic E-state index is -2.43. The third kappa shape index (κ3) is 5.86. The maximum atomic E-state index is 13.6. The first-order chi connectivity index (χ1) is 19.2. The number of rotatable bonds is 10. The molecule has 1 amide bonds. The topological polar surface area (TPSA) is 132 Å². The fourth-order valence-corrected chi connectivity index (χ4v) is 5.36. The second-order valence-electron chi connectivity index (χ2n) is 9.39. The first-order valence-electron chi connectivity index (χ1n) is 12.4. The zero-order valence-electron chi connectivity index (χ0n) is 21.3. The lowest BCUT2D eigenvalue weighted by Gasteiger charge is -2.22. The summed E-state index contributed by atoms with van der Waals surface area (Å²) in [5.41, 5.74) is 3.28. The van der Waals surface area contributed by atoms with Crippen molar-refractivity contribution in [2.24, 2.45) is 0 Å². The molecule has 1 aromatic heterocycles. The summed E-state index contributed by atoms with van der Waals surface area (Å²) in [7, 11) is -0.157. The van der Waals surface area contributed by atoms with Crippen LogP contribution in [0.25, 0.3) is 22.3 Å². The number of anilines is 1. The van der Waals surface area contributed by atoms with Gasteiger partial charge in [-0.25, -0.2) is 8.60 Å². The van der Waals surface area contributed by atoms with Crippen molar-refractivity contribution in [3.05, 3.63) is 82.1 Å². The fourth-order valence-electron chi connectivity index (χ4n) is 4.59. The van der Waals surface area contributed by atoms with E-state index in [1.54, 1.807) is 6.07 Å². The standard InChI is InChI=1S/C27H25BClFN2O7S/c1-31-27(33)25-21-12-20(15-2-3-15)17(10-24(21)39-26(25)16-4-6-18(30)7-5-16)13-32(40(36)37)19-8-9-23(22(29)11-19)38-14-28(34)35/h4-12,15,34-35H,2-3,13-14H2,1H3,(H,31,33)(H,36,37). The zero-order chi connectivity index (χ0) is 28.6. The van der Waals surface area contributed by atoms with E-state index in [2.05, 4.69) is 5.32 Å². The highest BCUT2D eigenvalue weighted by Gasteiger charge is 2.31. The number of fused-ring (bicyclic) bond motifs is 1. The molecule has 9 nitrogen and oxygen atoms in total. The van der Waals surface area contributed by atoms with Crippen LogP contribution in [-0.4, -0.2) is 45.4 Å². The second-order valence-corrected chi connectivity index (χ2v) is 10.7. The molecule has 13 heteroatoms. The van der Waals surface area contributed by atoms with Crippen molar-refractivity contribution in [2.45, 2.75) is 25.3 Å². The molecule has 1 atom stereocenters. The van der Waals surface area contributed by atoms with Gasteiger partial charge in [-0.2, -0.15) is 0 Å². The first kappa shape index (κ1) is 28.1. The summed E-state index contributed by atoms with van der Waals surface area (Å²) < 4.78 is 48.9. The second kappa shape index (κ2) is 11.6. The van der Waals surface area contributed by atoms with E-state index >= 15 is 0 Å². The molecule has 3 aromatic carbocycles. The Labute approximate surface area is 237 Å². The Bertz CT molecular complexity index is 1590. The maximum absolute atomic E-state index is 13.6. The van der Waals surface area contributed by atoms with Gasteiger partial charge in [0, 0.05) is 18.0 Å². The summed E-state index contributed by atoms with van der Waals surface area (Å²) in [5, 5.41) is 21.4. The Morgan fingerprint density at radius 1 is 1.20 bits per heavy atom. The molecule has 1 saturated carbocycles. The molecule has 0 spiro atoms. The lowest BCUT2D eigenvalue weighted by atomic mass is 9.95. The number of carbonyl (C=O) groups is 1. The molecule has 1 heterocycles. The van der Waals surface area contributed by atoms with Crippen molar-refractivity contribution >= 4 is 52.5 Å². The molecular formula is C27H25BClFN2O7S. The van der Waals surface area contributed by atoms with E-state index in [0.717, 1.165) is 24.0 Å². The van der Waals surface area contributed by atoms with Gasteiger partial charge in [0.15, 0.2) is 0 Å². The number of hydrogen-bond donors (Lipinski definition) is 4. The molecule has 0 bridgehead atoms. The average Bonchev–Trinajstić information content (AvgIpc) is 3.70. The molecule has 1 aliphatic rings. The van der Waals surface area contributed by atoms with Crippen LogP contribution in [0.15, 0.2) is 59.0 Å². The number of furan rings is 1. The maximum Gasteiger partial charge on any atom is 0.491 e. The van der Waals surface area contributed by atoms with Crippen molar-refractivity contribution in [3.8, 4) is 17.1 Å². The van der Waals surface area contributed by atoms with Crippen molar-refractivity contribution in [2.75, 3.05) is 17.9 Å². The molecule has 40 heavy (non-hydrogen) atoms. The Hall–Kier alpha value is -3.42. The predicted octanol–water partition coefficient (Wildman–Crippen LogP) is 4.66. The number of amides is 1. The highest BCUT2D eigenvalue weighted by atomic mass is 35.5. The van der Waals surface area contributed by atoms with Gasteiger partial charge in [0.2, 0.25) is 0 Å². The molecule has 0 aliphatic heterocycles. The van der Waals surface area contributed by atoms with Crippen LogP contribution < -0.4 is 14.4 Å². The van der Waals surface area contributed by atoms with Crippen molar-refractivity contribution in [1.29, 1.82) is 0 Å². The molecular weight excluding hydrogens is 562 g/mol. The molecule has 0 radical (unpaired) electrons. The van der Waals surface area contributed by atoms with Crippen LogP contribution in [0.4, 0.5) is 10.1 Å². The molecule has 5 rings (SSSR count). The van der Waals surface area contributed by atoms with E-state index < -0.39 is 24.2 Å². The minimum absolute atomic E-state index is 0.0264. The number of hydrogen-bond acceptors (Lipinski definition) is 6. The summed E-state index contributed by atoms with van der Waals surface area (Å²) in [4.78, 5) is 12.9. The van der Waals surface area contributed by atoms with Crippen LogP contribution in [0.2, 0.25) is 5.02 Å². The largest absolute Gasteiger partial charge is 0.494 e. The van der Waals surface area contributed by atoms with E-state index in [1.807, 2.05) is 6.07 Å². The molecule has 1 aliphatic carbocycles. The van der Waals surface area contributed by atoms with Gasteiger partial charge < -0.3 is 24.5 Å². The van der Waals surface area contributed by atoms with Crippen molar-refractivity contribution < 1.29 is 37.1 Å². The number of carbonyl (C=O) groups excluding carboxylic acids is 1. The SMILES string of the molecule is CNC(=O)c1c(-c2ccc(F)cc2)oc2cc(CN(c3ccc(OCB(O)O)c(Cl)c3)S(=O)O)c(C3CC3)cc12. The van der Waals surface area contributed by atoms with Gasteiger partial charge in [-0.1, -0.05) is 11.6 Å². The van der Waals surface area contributed by atoms with E-state index in [9.17, 15) is 17.9 Å². The van der Waals surface area contributed by atoms with E-state index in [-0.39, 0.29) is 35.6 Å². The summed E-state index contributed by atoms with van der Waals surface area (Å²) in [6.07, 6.45) is 1.88. The Balaban J connectivity index is 1.57. The molecule has 1 fully saturated rings. The molecule has 4 aromatic rings. The van der Waals surface area contributed by atoms with Crippen molar-refractivity contribution in [1.82, 2.24) is 5.32 Å². The van der Waals surface area contributed by atoms with Crippen LogP contribution in [0.3, 0.4) is 0 Å². The minimum Gasteiger partial charge on any atom is -0.494 e. The van der Waals surface area contributed by atoms with Gasteiger partial charge in [-0.05, 0) is 84.5 Å². The highest BCUT2D eigenvalue weighted by Crippen LogP contribution is 2.45. The molecule has 1 unspecified atom stereocenters. The first-order valence-corrected chi connectivity index (χ1v) is 13.8. The summed E-state index contributed by atoms with van der Waals surface area (Å²) in [6.45, 7) is -0.362. The van der Waals surface area contributed by atoms with E-state index in [1.165, 1.54) is 53.8 Å². The van der Waals surface area contributed by atoms with Crippen LogP contribution in [-0.2, 0) is 17.8 Å². The van der Waals surface area contributed by atoms with Gasteiger partial charge in [0.1, 0.15) is 29.4 Å².